The van der Waals surface area contributed by atoms with E-state index in [0.29, 0.717) is 11.5 Å². The fourth-order valence-corrected chi connectivity index (χ4v) is 2.79. The standard InChI is InChI=1S/C17H20O7/c1-22-11-7-6-9-4-2-3-5-10(9)16(11)24-17-15(21)14(20)13(19)12(8-18)23-17/h2-7,12-15,17-21H,8H2,1H3/t12-,13+,14+,15-,17+/m1/s1. The Kier molecular flexibility index (Phi) is 4.88. The lowest BCUT2D eigenvalue weighted by atomic mass is 9.99. The van der Waals surface area contributed by atoms with Gasteiger partial charge in [-0.2, -0.15) is 0 Å². The summed E-state index contributed by atoms with van der Waals surface area (Å²) < 4.78 is 16.5. The van der Waals surface area contributed by atoms with Crippen LogP contribution in [0.4, 0.5) is 0 Å². The number of aliphatic hydroxyl groups is 4. The van der Waals surface area contributed by atoms with E-state index in [0.717, 1.165) is 10.8 Å². The van der Waals surface area contributed by atoms with Crippen LogP contribution in [-0.2, 0) is 4.74 Å². The number of fused-ring (bicyclic) bond motifs is 1. The van der Waals surface area contributed by atoms with Crippen molar-refractivity contribution in [1.29, 1.82) is 0 Å². The maximum absolute atomic E-state index is 10.1. The van der Waals surface area contributed by atoms with E-state index in [1.165, 1.54) is 7.11 Å². The SMILES string of the molecule is COc1ccc2ccccc2c1O[C@@H]1O[C@H](CO)[C@H](O)[C@H](O)[C@H]1O. The van der Waals surface area contributed by atoms with Gasteiger partial charge in [0.15, 0.2) is 11.5 Å². The van der Waals surface area contributed by atoms with Crippen LogP contribution in [0.5, 0.6) is 11.5 Å². The van der Waals surface area contributed by atoms with Crippen molar-refractivity contribution in [3.05, 3.63) is 36.4 Å². The molecule has 7 nitrogen and oxygen atoms in total. The molecule has 0 aliphatic carbocycles. The molecule has 2 aromatic rings. The van der Waals surface area contributed by atoms with Gasteiger partial charge in [-0.3, -0.25) is 0 Å². The summed E-state index contributed by atoms with van der Waals surface area (Å²) in [5, 5.41) is 40.8. The Labute approximate surface area is 138 Å². The summed E-state index contributed by atoms with van der Waals surface area (Å²) in [7, 11) is 1.49. The highest BCUT2D eigenvalue weighted by Gasteiger charge is 2.45. The second kappa shape index (κ2) is 6.92. The zero-order valence-corrected chi connectivity index (χ0v) is 13.1. The largest absolute Gasteiger partial charge is 0.493 e. The van der Waals surface area contributed by atoms with Crippen LogP contribution in [0.15, 0.2) is 36.4 Å². The van der Waals surface area contributed by atoms with Gasteiger partial charge in [0.2, 0.25) is 6.29 Å². The summed E-state index contributed by atoms with van der Waals surface area (Å²) in [6.07, 6.45) is -6.71. The van der Waals surface area contributed by atoms with E-state index in [-0.39, 0.29) is 0 Å². The summed E-state index contributed by atoms with van der Waals surface area (Å²) in [6, 6.07) is 11.0. The number of benzene rings is 2. The van der Waals surface area contributed by atoms with Crippen molar-refractivity contribution in [3.63, 3.8) is 0 Å². The number of aliphatic hydroxyl groups excluding tert-OH is 4. The third kappa shape index (κ3) is 2.92. The Morgan fingerprint density at radius 2 is 1.75 bits per heavy atom. The highest BCUT2D eigenvalue weighted by Crippen LogP contribution is 2.37. The van der Waals surface area contributed by atoms with Crippen molar-refractivity contribution in [2.45, 2.75) is 30.7 Å². The van der Waals surface area contributed by atoms with Crippen LogP contribution in [0.1, 0.15) is 0 Å². The molecule has 0 bridgehead atoms. The minimum atomic E-state index is -1.50. The summed E-state index contributed by atoms with van der Waals surface area (Å²) >= 11 is 0. The third-order valence-corrected chi connectivity index (χ3v) is 4.15. The predicted octanol–water partition coefficient (Wildman–Crippen LogP) is 0.0271. The summed E-state index contributed by atoms with van der Waals surface area (Å²) in [6.45, 7) is -0.516. The average molecular weight is 336 g/mol. The van der Waals surface area contributed by atoms with Crippen LogP contribution in [0.3, 0.4) is 0 Å². The van der Waals surface area contributed by atoms with Crippen LogP contribution in [-0.4, -0.2) is 64.8 Å². The first-order valence-electron chi connectivity index (χ1n) is 7.59. The van der Waals surface area contributed by atoms with Crippen molar-refractivity contribution >= 4 is 10.8 Å². The molecule has 0 unspecified atom stereocenters. The molecule has 24 heavy (non-hydrogen) atoms. The Hall–Kier alpha value is -1.90. The summed E-state index contributed by atoms with van der Waals surface area (Å²) in [5.74, 6) is 0.783. The molecular weight excluding hydrogens is 316 g/mol. The summed E-state index contributed by atoms with van der Waals surface area (Å²) in [5.41, 5.74) is 0. The van der Waals surface area contributed by atoms with Crippen molar-refractivity contribution in [3.8, 4) is 11.5 Å². The lowest BCUT2D eigenvalue weighted by Crippen LogP contribution is -2.60. The van der Waals surface area contributed by atoms with Gasteiger partial charge >= 0.3 is 0 Å². The van der Waals surface area contributed by atoms with E-state index < -0.39 is 37.3 Å². The fraction of sp³-hybridized carbons (Fsp3) is 0.412. The quantitative estimate of drug-likeness (QED) is 0.624. The van der Waals surface area contributed by atoms with E-state index >= 15 is 0 Å². The molecule has 1 aliphatic heterocycles. The van der Waals surface area contributed by atoms with E-state index in [2.05, 4.69) is 0 Å². The third-order valence-electron chi connectivity index (χ3n) is 4.15. The van der Waals surface area contributed by atoms with E-state index in [1.54, 1.807) is 6.07 Å². The second-order valence-corrected chi connectivity index (χ2v) is 5.63. The van der Waals surface area contributed by atoms with E-state index in [1.807, 2.05) is 30.3 Å². The van der Waals surface area contributed by atoms with Gasteiger partial charge in [0.1, 0.15) is 24.4 Å². The topological polar surface area (TPSA) is 109 Å². The fourth-order valence-electron chi connectivity index (χ4n) is 2.79. The molecule has 130 valence electrons. The van der Waals surface area contributed by atoms with Gasteiger partial charge < -0.3 is 34.6 Å². The maximum atomic E-state index is 10.1. The first-order chi connectivity index (χ1) is 11.6. The van der Waals surface area contributed by atoms with Crippen molar-refractivity contribution in [2.75, 3.05) is 13.7 Å². The average Bonchev–Trinajstić information content (AvgIpc) is 2.62. The van der Waals surface area contributed by atoms with E-state index in [4.69, 9.17) is 14.2 Å². The Balaban J connectivity index is 1.96. The van der Waals surface area contributed by atoms with Crippen LogP contribution < -0.4 is 9.47 Å². The monoisotopic (exact) mass is 336 g/mol. The molecule has 0 aromatic heterocycles. The van der Waals surface area contributed by atoms with Gasteiger partial charge in [-0.25, -0.2) is 0 Å². The molecule has 0 amide bonds. The van der Waals surface area contributed by atoms with Crippen LogP contribution in [0, 0.1) is 0 Å². The van der Waals surface area contributed by atoms with Crippen LogP contribution in [0.2, 0.25) is 0 Å². The lowest BCUT2D eigenvalue weighted by Gasteiger charge is -2.39. The lowest BCUT2D eigenvalue weighted by molar-refractivity contribution is -0.277. The number of hydrogen-bond acceptors (Lipinski definition) is 7. The van der Waals surface area contributed by atoms with Gasteiger partial charge in [-0.1, -0.05) is 30.3 Å². The number of rotatable bonds is 4. The van der Waals surface area contributed by atoms with E-state index in [9.17, 15) is 20.4 Å². The highest BCUT2D eigenvalue weighted by molar-refractivity contribution is 5.90. The second-order valence-electron chi connectivity index (χ2n) is 5.63. The van der Waals surface area contributed by atoms with Gasteiger partial charge in [0.25, 0.3) is 0 Å². The zero-order chi connectivity index (χ0) is 17.3. The molecule has 1 fully saturated rings. The summed E-state index contributed by atoms with van der Waals surface area (Å²) in [4.78, 5) is 0. The van der Waals surface area contributed by atoms with Gasteiger partial charge in [0, 0.05) is 5.39 Å². The molecule has 1 heterocycles. The maximum Gasteiger partial charge on any atom is 0.229 e. The molecule has 4 N–H and O–H groups in total. The molecule has 7 heteroatoms. The Morgan fingerprint density at radius 1 is 1.00 bits per heavy atom. The molecule has 1 aliphatic rings. The Morgan fingerprint density at radius 3 is 2.46 bits per heavy atom. The number of ether oxygens (including phenoxy) is 3. The Bertz CT molecular complexity index is 702. The van der Waals surface area contributed by atoms with Gasteiger partial charge in [0.05, 0.1) is 13.7 Å². The van der Waals surface area contributed by atoms with Gasteiger partial charge in [-0.05, 0) is 11.5 Å². The first kappa shape index (κ1) is 16.9. The molecule has 5 atom stereocenters. The molecule has 3 rings (SSSR count). The molecule has 0 spiro atoms. The normalized spacial score (nSPS) is 30.3. The molecular formula is C17H20O7. The number of hydrogen-bond donors (Lipinski definition) is 4. The minimum Gasteiger partial charge on any atom is -0.493 e. The molecule has 2 aromatic carbocycles. The number of methoxy groups -OCH3 is 1. The van der Waals surface area contributed by atoms with Crippen molar-refractivity contribution in [2.24, 2.45) is 0 Å². The zero-order valence-electron chi connectivity index (χ0n) is 13.1. The molecule has 1 saturated heterocycles. The van der Waals surface area contributed by atoms with Crippen molar-refractivity contribution in [1.82, 2.24) is 0 Å². The first-order valence-corrected chi connectivity index (χ1v) is 7.59. The molecule has 0 radical (unpaired) electrons. The van der Waals surface area contributed by atoms with Crippen molar-refractivity contribution < 1.29 is 34.6 Å². The van der Waals surface area contributed by atoms with Crippen LogP contribution >= 0.6 is 0 Å². The molecule has 0 saturated carbocycles. The predicted molar refractivity (Wildman–Crippen MR) is 84.9 cm³/mol. The van der Waals surface area contributed by atoms with Gasteiger partial charge in [-0.15, -0.1) is 0 Å². The van der Waals surface area contributed by atoms with Crippen LogP contribution in [0.25, 0.3) is 10.8 Å². The smallest absolute Gasteiger partial charge is 0.229 e. The highest BCUT2D eigenvalue weighted by atomic mass is 16.7. The minimum absolute atomic E-state index is 0.347.